The van der Waals surface area contributed by atoms with E-state index in [1.165, 1.54) is 6.07 Å². The van der Waals surface area contributed by atoms with Gasteiger partial charge in [0.05, 0.1) is 6.10 Å². The van der Waals surface area contributed by atoms with E-state index in [2.05, 4.69) is 13.8 Å². The molecule has 0 bridgehead atoms. The fourth-order valence-electron chi connectivity index (χ4n) is 2.87. The Morgan fingerprint density at radius 3 is 2.53 bits per heavy atom. The van der Waals surface area contributed by atoms with Crippen LogP contribution in [0.5, 0.6) is 0 Å². The molecule has 3 heteroatoms. The van der Waals surface area contributed by atoms with Crippen LogP contribution in [0.2, 0.25) is 0 Å². The average Bonchev–Trinajstić information content (AvgIpc) is 2.61. The van der Waals surface area contributed by atoms with Gasteiger partial charge in [-0.3, -0.25) is 0 Å². The lowest BCUT2D eigenvalue weighted by Gasteiger charge is -2.31. The van der Waals surface area contributed by atoms with E-state index in [1.807, 2.05) is 0 Å². The summed E-state index contributed by atoms with van der Waals surface area (Å²) in [7, 11) is 0. The van der Waals surface area contributed by atoms with Crippen LogP contribution in [-0.4, -0.2) is 5.11 Å². The number of hydrogen-bond acceptors (Lipinski definition) is 1. The summed E-state index contributed by atoms with van der Waals surface area (Å²) in [6.45, 7) is 4.24. The zero-order chi connectivity index (χ0) is 12.6. The Hall–Kier alpha value is -0.960. The third-order valence-corrected chi connectivity index (χ3v) is 4.01. The second-order valence-electron chi connectivity index (χ2n) is 5.61. The van der Waals surface area contributed by atoms with E-state index < -0.39 is 17.7 Å². The van der Waals surface area contributed by atoms with Crippen molar-refractivity contribution >= 4 is 0 Å². The van der Waals surface area contributed by atoms with E-state index in [9.17, 15) is 13.9 Å². The Bertz CT molecular complexity index is 415. The summed E-state index contributed by atoms with van der Waals surface area (Å²) in [4.78, 5) is 0. The maximum atomic E-state index is 13.1. The van der Waals surface area contributed by atoms with Crippen LogP contribution >= 0.6 is 0 Å². The van der Waals surface area contributed by atoms with Gasteiger partial charge in [0.25, 0.3) is 0 Å². The Labute approximate surface area is 100 Å². The molecule has 0 aromatic heterocycles. The quantitative estimate of drug-likeness (QED) is 0.833. The predicted octanol–water partition coefficient (Wildman–Crippen LogP) is 3.82. The van der Waals surface area contributed by atoms with Crippen molar-refractivity contribution in [3.05, 3.63) is 35.4 Å². The first-order chi connectivity index (χ1) is 7.92. The van der Waals surface area contributed by atoms with Gasteiger partial charge in [-0.25, -0.2) is 8.78 Å². The largest absolute Gasteiger partial charge is 0.388 e. The minimum absolute atomic E-state index is 0.0598. The fraction of sp³-hybridized carbons (Fsp3) is 0.571. The smallest absolute Gasteiger partial charge is 0.159 e. The van der Waals surface area contributed by atoms with Crippen molar-refractivity contribution < 1.29 is 13.9 Å². The maximum absolute atomic E-state index is 13.1. The highest BCUT2D eigenvalue weighted by atomic mass is 19.2. The third kappa shape index (κ3) is 2.34. The second-order valence-corrected chi connectivity index (χ2v) is 5.61. The van der Waals surface area contributed by atoms with Gasteiger partial charge in [-0.1, -0.05) is 26.3 Å². The minimum Gasteiger partial charge on any atom is -0.388 e. The van der Waals surface area contributed by atoms with Crippen molar-refractivity contribution in [2.24, 2.45) is 11.3 Å². The van der Waals surface area contributed by atoms with Crippen LogP contribution in [0, 0.1) is 23.0 Å². The molecule has 0 aliphatic heterocycles. The molecule has 0 spiro atoms. The molecule has 1 fully saturated rings. The van der Waals surface area contributed by atoms with Crippen LogP contribution in [0.1, 0.15) is 44.8 Å². The lowest BCUT2D eigenvalue weighted by Crippen LogP contribution is -2.24. The van der Waals surface area contributed by atoms with Crippen molar-refractivity contribution in [1.29, 1.82) is 0 Å². The number of halogens is 2. The highest BCUT2D eigenvalue weighted by Crippen LogP contribution is 2.48. The number of hydrogen-bond donors (Lipinski definition) is 1. The minimum atomic E-state index is -0.891. The van der Waals surface area contributed by atoms with Crippen LogP contribution in [0.25, 0.3) is 0 Å². The molecular weight excluding hydrogens is 222 g/mol. The summed E-state index contributed by atoms with van der Waals surface area (Å²) in [6, 6.07) is 3.65. The Morgan fingerprint density at radius 2 is 2.00 bits per heavy atom. The van der Waals surface area contributed by atoms with E-state index >= 15 is 0 Å². The summed E-state index contributed by atoms with van der Waals surface area (Å²) in [6.07, 6.45) is 2.38. The molecule has 1 saturated carbocycles. The van der Waals surface area contributed by atoms with E-state index in [1.54, 1.807) is 0 Å². The summed E-state index contributed by atoms with van der Waals surface area (Å²) < 4.78 is 26.0. The Morgan fingerprint density at radius 1 is 1.29 bits per heavy atom. The maximum Gasteiger partial charge on any atom is 0.159 e. The highest BCUT2D eigenvalue weighted by Gasteiger charge is 2.39. The Balaban J connectivity index is 2.25. The summed E-state index contributed by atoms with van der Waals surface area (Å²) in [5.41, 5.74) is 0.536. The van der Waals surface area contributed by atoms with E-state index in [-0.39, 0.29) is 11.3 Å². The van der Waals surface area contributed by atoms with Gasteiger partial charge in [0.15, 0.2) is 11.6 Å². The number of rotatable bonds is 2. The van der Waals surface area contributed by atoms with Crippen LogP contribution in [-0.2, 0) is 0 Å². The van der Waals surface area contributed by atoms with Gasteiger partial charge in [-0.15, -0.1) is 0 Å². The SMILES string of the molecule is CC1(C)CCCC1C(O)c1ccc(F)c(F)c1. The molecule has 94 valence electrons. The van der Waals surface area contributed by atoms with Crippen molar-refractivity contribution in [3.8, 4) is 0 Å². The zero-order valence-electron chi connectivity index (χ0n) is 10.2. The molecule has 1 aliphatic rings. The normalized spacial score (nSPS) is 24.9. The first-order valence-electron chi connectivity index (χ1n) is 6.05. The monoisotopic (exact) mass is 240 g/mol. The molecule has 1 aromatic carbocycles. The molecule has 0 radical (unpaired) electrons. The molecule has 1 aliphatic carbocycles. The summed E-state index contributed by atoms with van der Waals surface area (Å²) >= 11 is 0. The average molecular weight is 240 g/mol. The topological polar surface area (TPSA) is 20.2 Å². The predicted molar refractivity (Wildman–Crippen MR) is 62.4 cm³/mol. The molecule has 2 unspecified atom stereocenters. The van der Waals surface area contributed by atoms with Gasteiger partial charge >= 0.3 is 0 Å². The van der Waals surface area contributed by atoms with Gasteiger partial charge < -0.3 is 5.11 Å². The lowest BCUT2D eigenvalue weighted by atomic mass is 9.77. The van der Waals surface area contributed by atoms with Crippen LogP contribution in [0.15, 0.2) is 18.2 Å². The number of benzene rings is 1. The molecule has 17 heavy (non-hydrogen) atoms. The van der Waals surface area contributed by atoms with Gasteiger partial charge in [-0.2, -0.15) is 0 Å². The highest BCUT2D eigenvalue weighted by molar-refractivity contribution is 5.21. The zero-order valence-corrected chi connectivity index (χ0v) is 10.2. The molecule has 2 rings (SSSR count). The first kappa shape index (κ1) is 12.5. The molecule has 0 amide bonds. The molecule has 0 heterocycles. The first-order valence-corrected chi connectivity index (χ1v) is 6.05. The van der Waals surface area contributed by atoms with Gasteiger partial charge in [0, 0.05) is 0 Å². The van der Waals surface area contributed by atoms with Crippen molar-refractivity contribution in [3.63, 3.8) is 0 Å². The van der Waals surface area contributed by atoms with Gasteiger partial charge in [0.1, 0.15) is 0 Å². The van der Waals surface area contributed by atoms with Crippen molar-refractivity contribution in [1.82, 2.24) is 0 Å². The van der Waals surface area contributed by atoms with Crippen LogP contribution in [0.3, 0.4) is 0 Å². The second kappa shape index (κ2) is 4.37. The van der Waals surface area contributed by atoms with Gasteiger partial charge in [0.2, 0.25) is 0 Å². The Kier molecular flexibility index (Phi) is 3.21. The van der Waals surface area contributed by atoms with E-state index in [4.69, 9.17) is 0 Å². The lowest BCUT2D eigenvalue weighted by molar-refractivity contribution is 0.0528. The standard InChI is InChI=1S/C14H18F2O/c1-14(2)7-3-4-10(14)13(17)9-5-6-11(15)12(16)8-9/h5-6,8,10,13,17H,3-4,7H2,1-2H3. The molecule has 0 saturated heterocycles. The molecule has 1 aromatic rings. The van der Waals surface area contributed by atoms with Crippen LogP contribution in [0.4, 0.5) is 8.78 Å². The van der Waals surface area contributed by atoms with Crippen molar-refractivity contribution in [2.75, 3.05) is 0 Å². The number of aliphatic hydroxyl groups is 1. The van der Waals surface area contributed by atoms with E-state index in [0.717, 1.165) is 31.4 Å². The summed E-state index contributed by atoms with van der Waals surface area (Å²) in [5.74, 6) is -1.64. The fourth-order valence-corrected chi connectivity index (χ4v) is 2.87. The molecule has 2 atom stereocenters. The molecule has 1 N–H and O–H groups in total. The van der Waals surface area contributed by atoms with Crippen LogP contribution < -0.4 is 0 Å². The third-order valence-electron chi connectivity index (χ3n) is 4.01. The summed E-state index contributed by atoms with van der Waals surface area (Å²) in [5, 5.41) is 10.3. The molecule has 1 nitrogen and oxygen atoms in total. The number of aliphatic hydroxyl groups excluding tert-OH is 1. The van der Waals surface area contributed by atoms with Gasteiger partial charge in [-0.05, 0) is 41.9 Å². The van der Waals surface area contributed by atoms with Crippen molar-refractivity contribution in [2.45, 2.75) is 39.2 Å². The molecular formula is C14H18F2O. The van der Waals surface area contributed by atoms with E-state index in [0.29, 0.717) is 5.56 Å².